The number of carbonyl (C=O) groups is 2. The summed E-state index contributed by atoms with van der Waals surface area (Å²) in [5.41, 5.74) is 1.43. The molecule has 1 aromatic carbocycles. The second-order valence-corrected chi connectivity index (χ2v) is 6.33. The van der Waals surface area contributed by atoms with Gasteiger partial charge in [-0.25, -0.2) is 4.79 Å². The molecule has 3 aromatic rings. The van der Waals surface area contributed by atoms with Crippen LogP contribution in [-0.4, -0.2) is 23.5 Å². The molecule has 0 saturated heterocycles. The first kappa shape index (κ1) is 18.5. The molecule has 146 valence electrons. The fourth-order valence-corrected chi connectivity index (χ4v) is 2.88. The second kappa shape index (κ2) is 8.43. The van der Waals surface area contributed by atoms with E-state index in [9.17, 15) is 9.59 Å². The maximum absolute atomic E-state index is 12.7. The number of nitrogens with one attached hydrogen (secondary N) is 1. The van der Waals surface area contributed by atoms with E-state index in [1.54, 1.807) is 36.4 Å². The Balaban J connectivity index is 1.51. The van der Waals surface area contributed by atoms with Gasteiger partial charge in [-0.05, 0) is 36.4 Å². The van der Waals surface area contributed by atoms with E-state index in [-0.39, 0.29) is 13.2 Å². The van der Waals surface area contributed by atoms with E-state index in [0.29, 0.717) is 22.8 Å². The lowest BCUT2D eigenvalue weighted by Crippen LogP contribution is -2.33. The topological polar surface area (TPSA) is 90.7 Å². The minimum atomic E-state index is -1.20. The van der Waals surface area contributed by atoms with Gasteiger partial charge in [0, 0.05) is 11.8 Å². The molecule has 1 atom stereocenters. The SMILES string of the molecule is O=C(OC(C(=O)NCc1ccco1)c1ccccn1)C1=Cc2ccccc2OC1. The Morgan fingerprint density at radius 3 is 2.76 bits per heavy atom. The minimum absolute atomic E-state index is 0.0683. The molecule has 1 unspecified atom stereocenters. The first-order valence-corrected chi connectivity index (χ1v) is 9.05. The summed E-state index contributed by atoms with van der Waals surface area (Å²) in [7, 11) is 0. The van der Waals surface area contributed by atoms with Gasteiger partial charge in [0.15, 0.2) is 0 Å². The maximum atomic E-state index is 12.7. The van der Waals surface area contributed by atoms with Crippen LogP contribution in [0.15, 0.2) is 77.0 Å². The van der Waals surface area contributed by atoms with Crippen LogP contribution in [-0.2, 0) is 20.9 Å². The average Bonchev–Trinajstić information content (AvgIpc) is 3.29. The zero-order valence-corrected chi connectivity index (χ0v) is 15.4. The van der Waals surface area contributed by atoms with Crippen molar-refractivity contribution in [3.63, 3.8) is 0 Å². The highest BCUT2D eigenvalue weighted by molar-refractivity contribution is 5.97. The Bertz CT molecular complexity index is 1030. The third-order valence-corrected chi connectivity index (χ3v) is 4.33. The van der Waals surface area contributed by atoms with Crippen LogP contribution in [0.1, 0.15) is 23.1 Å². The second-order valence-electron chi connectivity index (χ2n) is 6.33. The number of ether oxygens (including phenoxy) is 2. The van der Waals surface area contributed by atoms with Crippen molar-refractivity contribution in [3.8, 4) is 5.75 Å². The molecule has 0 spiro atoms. The Hall–Kier alpha value is -3.87. The van der Waals surface area contributed by atoms with Gasteiger partial charge < -0.3 is 19.2 Å². The standard InChI is InChI=1S/C22H18N2O5/c25-21(24-13-17-7-5-11-27-17)20(18-8-3-4-10-23-18)29-22(26)16-12-15-6-1-2-9-19(15)28-14-16/h1-12,20H,13-14H2,(H,24,25). The molecule has 2 aromatic heterocycles. The smallest absolute Gasteiger partial charge is 0.338 e. The molecule has 1 aliphatic rings. The summed E-state index contributed by atoms with van der Waals surface area (Å²) in [4.78, 5) is 29.6. The highest BCUT2D eigenvalue weighted by Gasteiger charge is 2.29. The highest BCUT2D eigenvalue weighted by atomic mass is 16.6. The van der Waals surface area contributed by atoms with Crippen LogP contribution in [0.25, 0.3) is 6.08 Å². The largest absolute Gasteiger partial charge is 0.488 e. The average molecular weight is 390 g/mol. The van der Waals surface area contributed by atoms with Crippen LogP contribution in [0.3, 0.4) is 0 Å². The van der Waals surface area contributed by atoms with Crippen molar-refractivity contribution in [2.45, 2.75) is 12.6 Å². The van der Waals surface area contributed by atoms with Gasteiger partial charge in [0.1, 0.15) is 18.1 Å². The predicted molar refractivity (Wildman–Crippen MR) is 104 cm³/mol. The lowest BCUT2D eigenvalue weighted by molar-refractivity contribution is -0.153. The van der Waals surface area contributed by atoms with Gasteiger partial charge in [-0.2, -0.15) is 0 Å². The summed E-state index contributed by atoms with van der Waals surface area (Å²) in [5.74, 6) is 0.153. The summed E-state index contributed by atoms with van der Waals surface area (Å²) in [6.45, 7) is 0.241. The molecule has 1 aliphatic heterocycles. The molecule has 1 N–H and O–H groups in total. The minimum Gasteiger partial charge on any atom is -0.488 e. The van der Waals surface area contributed by atoms with Gasteiger partial charge in [0.2, 0.25) is 6.10 Å². The van der Waals surface area contributed by atoms with E-state index in [4.69, 9.17) is 13.9 Å². The fourth-order valence-electron chi connectivity index (χ4n) is 2.88. The number of aromatic nitrogens is 1. The quantitative estimate of drug-likeness (QED) is 0.651. The number of furan rings is 1. The van der Waals surface area contributed by atoms with Crippen molar-refractivity contribution >= 4 is 18.0 Å². The number of hydrogen-bond acceptors (Lipinski definition) is 6. The molecule has 0 aliphatic carbocycles. The van der Waals surface area contributed by atoms with Crippen LogP contribution in [0, 0.1) is 0 Å². The van der Waals surface area contributed by atoms with E-state index in [0.717, 1.165) is 5.56 Å². The Morgan fingerprint density at radius 2 is 1.97 bits per heavy atom. The van der Waals surface area contributed by atoms with Crippen molar-refractivity contribution in [2.75, 3.05) is 6.61 Å². The Kier molecular flexibility index (Phi) is 5.38. The van der Waals surface area contributed by atoms with Crippen molar-refractivity contribution in [1.29, 1.82) is 0 Å². The van der Waals surface area contributed by atoms with Crippen LogP contribution >= 0.6 is 0 Å². The van der Waals surface area contributed by atoms with E-state index in [2.05, 4.69) is 10.3 Å². The molecular formula is C22H18N2O5. The summed E-state index contributed by atoms with van der Waals surface area (Å²) in [6.07, 6.45) is 3.56. The summed E-state index contributed by atoms with van der Waals surface area (Å²) in [5, 5.41) is 2.71. The Labute approximate surface area is 167 Å². The van der Waals surface area contributed by atoms with E-state index >= 15 is 0 Å². The van der Waals surface area contributed by atoms with Gasteiger partial charge in [-0.15, -0.1) is 0 Å². The normalized spacial score (nSPS) is 13.4. The van der Waals surface area contributed by atoms with Gasteiger partial charge in [-0.3, -0.25) is 9.78 Å². The van der Waals surface area contributed by atoms with Gasteiger partial charge in [0.25, 0.3) is 5.91 Å². The van der Waals surface area contributed by atoms with Crippen molar-refractivity contribution in [1.82, 2.24) is 10.3 Å². The fraction of sp³-hybridized carbons (Fsp3) is 0.136. The molecule has 0 radical (unpaired) electrons. The van der Waals surface area contributed by atoms with Gasteiger partial charge >= 0.3 is 5.97 Å². The molecule has 0 saturated carbocycles. The van der Waals surface area contributed by atoms with Gasteiger partial charge in [-0.1, -0.05) is 24.3 Å². The predicted octanol–water partition coefficient (Wildman–Crippen LogP) is 3.05. The molecule has 0 fully saturated rings. The molecule has 0 bridgehead atoms. The number of nitrogens with zero attached hydrogens (tertiary/aromatic N) is 1. The number of esters is 1. The van der Waals surface area contributed by atoms with Crippen molar-refractivity contribution in [2.24, 2.45) is 0 Å². The van der Waals surface area contributed by atoms with Crippen LogP contribution in [0.5, 0.6) is 5.75 Å². The third kappa shape index (κ3) is 4.35. The number of hydrogen-bond donors (Lipinski definition) is 1. The molecule has 1 amide bonds. The van der Waals surface area contributed by atoms with E-state index in [1.807, 2.05) is 24.3 Å². The van der Waals surface area contributed by atoms with E-state index < -0.39 is 18.0 Å². The highest BCUT2D eigenvalue weighted by Crippen LogP contribution is 2.27. The first-order valence-electron chi connectivity index (χ1n) is 9.05. The molecule has 3 heterocycles. The molecule has 7 nitrogen and oxygen atoms in total. The summed E-state index contributed by atoms with van der Waals surface area (Å²) in [6, 6.07) is 15.9. The number of amides is 1. The summed E-state index contributed by atoms with van der Waals surface area (Å²) < 4.78 is 16.3. The molecule has 7 heteroatoms. The van der Waals surface area contributed by atoms with Gasteiger partial charge in [0.05, 0.1) is 24.1 Å². The van der Waals surface area contributed by atoms with Crippen LogP contribution < -0.4 is 10.1 Å². The number of fused-ring (bicyclic) bond motifs is 1. The number of pyridine rings is 1. The molecule has 4 rings (SSSR count). The maximum Gasteiger partial charge on any atom is 0.338 e. The van der Waals surface area contributed by atoms with Crippen molar-refractivity contribution < 1.29 is 23.5 Å². The monoisotopic (exact) mass is 390 g/mol. The number of rotatable bonds is 6. The number of carbonyl (C=O) groups excluding carboxylic acids is 2. The third-order valence-electron chi connectivity index (χ3n) is 4.33. The molecular weight excluding hydrogens is 372 g/mol. The zero-order valence-electron chi connectivity index (χ0n) is 15.4. The van der Waals surface area contributed by atoms with Crippen molar-refractivity contribution in [3.05, 3.63) is 89.6 Å². The first-order chi connectivity index (χ1) is 14.2. The number of para-hydroxylation sites is 1. The van der Waals surface area contributed by atoms with Crippen LogP contribution in [0.2, 0.25) is 0 Å². The number of benzene rings is 1. The van der Waals surface area contributed by atoms with E-state index in [1.165, 1.54) is 12.5 Å². The lowest BCUT2D eigenvalue weighted by Gasteiger charge is -2.20. The Morgan fingerprint density at radius 1 is 1.10 bits per heavy atom. The summed E-state index contributed by atoms with van der Waals surface area (Å²) >= 11 is 0. The van der Waals surface area contributed by atoms with Crippen LogP contribution in [0.4, 0.5) is 0 Å². The zero-order chi connectivity index (χ0) is 20.1. The molecule has 29 heavy (non-hydrogen) atoms. The lowest BCUT2D eigenvalue weighted by atomic mass is 10.1.